The van der Waals surface area contributed by atoms with E-state index in [9.17, 15) is 0 Å². The van der Waals surface area contributed by atoms with E-state index in [0.29, 0.717) is 0 Å². The Kier molecular flexibility index (Phi) is 7.59. The van der Waals surface area contributed by atoms with Crippen molar-refractivity contribution < 1.29 is 0 Å². The highest BCUT2D eigenvalue weighted by atomic mass is 15.1. The minimum Gasteiger partial charge on any atom is -0.311 e. The van der Waals surface area contributed by atoms with Crippen LogP contribution in [0.5, 0.6) is 0 Å². The second-order valence-electron chi connectivity index (χ2n) is 13.2. The molecule has 0 heterocycles. The van der Waals surface area contributed by atoms with Crippen molar-refractivity contribution in [1.82, 2.24) is 0 Å². The van der Waals surface area contributed by atoms with Crippen molar-refractivity contribution in [2.45, 2.75) is 18.3 Å². The summed E-state index contributed by atoms with van der Waals surface area (Å²) < 4.78 is 0. The summed E-state index contributed by atoms with van der Waals surface area (Å²) in [5.41, 5.74) is 16.1. The second kappa shape index (κ2) is 12.7. The lowest BCUT2D eigenvalue weighted by Crippen LogP contribution is -2.30. The van der Waals surface area contributed by atoms with E-state index < -0.39 is 0 Å². The van der Waals surface area contributed by atoms with Gasteiger partial charge in [-0.05, 0) is 105 Å². The number of allylic oxidation sites excluding steroid dienone is 4. The third-order valence-electron chi connectivity index (χ3n) is 10.4. The van der Waals surface area contributed by atoms with Crippen molar-refractivity contribution in [3.8, 4) is 33.4 Å². The minimum atomic E-state index is -0.329. The molecule has 0 amide bonds. The molecule has 0 aliphatic heterocycles. The van der Waals surface area contributed by atoms with Crippen LogP contribution in [0.2, 0.25) is 0 Å². The maximum Gasteiger partial charge on any atom is 0.0676 e. The Balaban J connectivity index is 1.12. The quantitative estimate of drug-likeness (QED) is 0.168. The lowest BCUT2D eigenvalue weighted by Gasteiger charge is -2.37. The van der Waals surface area contributed by atoms with Gasteiger partial charge in [-0.15, -0.1) is 0 Å². The van der Waals surface area contributed by atoms with Crippen LogP contribution < -0.4 is 4.90 Å². The van der Waals surface area contributed by atoms with Crippen molar-refractivity contribution in [2.24, 2.45) is 0 Å². The highest BCUT2D eigenvalue weighted by Gasteiger charge is 2.46. The van der Waals surface area contributed by atoms with Gasteiger partial charge in [0.1, 0.15) is 0 Å². The molecule has 0 spiro atoms. The van der Waals surface area contributed by atoms with Crippen LogP contribution >= 0.6 is 0 Å². The average Bonchev–Trinajstić information content (AvgIpc) is 3.51. The molecule has 0 saturated carbocycles. The molecule has 0 bridgehead atoms. The SMILES string of the molecule is C1=CCCC(C2(c3cccc(-c4ccc(N(c5ccccc5)c5ccc(-c6ccccc6)cc5)cc4)c3)c3ccccc3-c3ccccc32)=C1. The third-order valence-corrected chi connectivity index (χ3v) is 10.4. The Morgan fingerprint density at radius 3 is 1.52 bits per heavy atom. The van der Waals surface area contributed by atoms with E-state index in [2.05, 4.69) is 205 Å². The summed E-state index contributed by atoms with van der Waals surface area (Å²) in [5.74, 6) is 0. The van der Waals surface area contributed by atoms with Gasteiger partial charge in [-0.2, -0.15) is 0 Å². The first-order valence-electron chi connectivity index (χ1n) is 17.6. The predicted molar refractivity (Wildman–Crippen MR) is 210 cm³/mol. The summed E-state index contributed by atoms with van der Waals surface area (Å²) in [6, 6.07) is 66.4. The van der Waals surface area contributed by atoms with Crippen LogP contribution in [0.4, 0.5) is 17.1 Å². The van der Waals surface area contributed by atoms with Gasteiger partial charge in [-0.3, -0.25) is 0 Å². The van der Waals surface area contributed by atoms with Crippen LogP contribution in [0.1, 0.15) is 29.5 Å². The predicted octanol–water partition coefficient (Wildman–Crippen LogP) is 13.1. The topological polar surface area (TPSA) is 3.24 Å². The van der Waals surface area contributed by atoms with Crippen molar-refractivity contribution in [1.29, 1.82) is 0 Å². The van der Waals surface area contributed by atoms with Crippen LogP contribution in [0.3, 0.4) is 0 Å². The number of rotatable bonds is 7. The summed E-state index contributed by atoms with van der Waals surface area (Å²) >= 11 is 0. The summed E-state index contributed by atoms with van der Waals surface area (Å²) in [6.45, 7) is 0. The van der Waals surface area contributed by atoms with Crippen LogP contribution in [-0.4, -0.2) is 0 Å². The molecule has 238 valence electrons. The van der Waals surface area contributed by atoms with Crippen molar-refractivity contribution in [3.63, 3.8) is 0 Å². The number of para-hydroxylation sites is 1. The first kappa shape index (κ1) is 29.9. The molecule has 7 aromatic carbocycles. The Hall–Kier alpha value is -6.18. The normalized spacial score (nSPS) is 14.0. The molecule has 0 saturated heterocycles. The summed E-state index contributed by atoms with van der Waals surface area (Å²) in [6.07, 6.45) is 9.01. The number of hydrogen-bond donors (Lipinski definition) is 0. The Morgan fingerprint density at radius 2 is 0.920 bits per heavy atom. The Labute approximate surface area is 295 Å². The number of hydrogen-bond acceptors (Lipinski definition) is 1. The second-order valence-corrected chi connectivity index (χ2v) is 13.2. The number of nitrogens with zero attached hydrogens (tertiary/aromatic N) is 1. The zero-order valence-corrected chi connectivity index (χ0v) is 27.9. The molecular weight excluding hydrogens is 603 g/mol. The Bertz CT molecular complexity index is 2300. The first-order chi connectivity index (χ1) is 24.8. The summed E-state index contributed by atoms with van der Waals surface area (Å²) in [7, 11) is 0. The average molecular weight is 640 g/mol. The van der Waals surface area contributed by atoms with Gasteiger partial charge in [0.15, 0.2) is 0 Å². The molecule has 2 aliphatic rings. The summed E-state index contributed by atoms with van der Waals surface area (Å²) in [4.78, 5) is 2.33. The molecular formula is C49H37N. The maximum absolute atomic E-state index is 2.43. The van der Waals surface area contributed by atoms with Crippen LogP contribution in [0.25, 0.3) is 33.4 Å². The van der Waals surface area contributed by atoms with E-state index in [4.69, 9.17) is 0 Å². The number of anilines is 3. The molecule has 0 unspecified atom stereocenters. The zero-order chi connectivity index (χ0) is 33.3. The van der Waals surface area contributed by atoms with Gasteiger partial charge in [-0.1, -0.05) is 163 Å². The van der Waals surface area contributed by atoms with Crippen molar-refractivity contribution in [3.05, 3.63) is 222 Å². The van der Waals surface area contributed by atoms with E-state index >= 15 is 0 Å². The monoisotopic (exact) mass is 639 g/mol. The molecule has 50 heavy (non-hydrogen) atoms. The van der Waals surface area contributed by atoms with E-state index in [1.165, 1.54) is 55.6 Å². The molecule has 0 atom stereocenters. The van der Waals surface area contributed by atoms with Gasteiger partial charge in [0, 0.05) is 17.1 Å². The van der Waals surface area contributed by atoms with Crippen molar-refractivity contribution in [2.75, 3.05) is 4.90 Å². The fraction of sp³-hybridized carbons (Fsp3) is 0.0612. The highest BCUT2D eigenvalue weighted by Crippen LogP contribution is 2.57. The zero-order valence-electron chi connectivity index (χ0n) is 27.9. The standard InChI is InChI=1S/C49H37N/c1-4-15-36(16-5-1)37-27-31-43(32-28-37)50(42-21-8-3-9-22-42)44-33-29-38(30-34-44)39-17-14-20-41(35-39)49(40-18-6-2-7-19-40)47-25-12-10-23-45(47)46-24-11-13-26-48(46)49/h1-6,8-18,20-35H,7,19H2. The molecule has 1 heteroatoms. The Morgan fingerprint density at radius 1 is 0.420 bits per heavy atom. The lowest BCUT2D eigenvalue weighted by molar-refractivity contribution is 0.693. The third kappa shape index (κ3) is 5.02. The van der Waals surface area contributed by atoms with E-state index in [1.54, 1.807) is 0 Å². The lowest BCUT2D eigenvalue weighted by atomic mass is 9.65. The summed E-state index contributed by atoms with van der Waals surface area (Å²) in [5, 5.41) is 0. The molecule has 0 aromatic heterocycles. The maximum atomic E-state index is 2.43. The fourth-order valence-electron chi connectivity index (χ4n) is 8.19. The molecule has 1 nitrogen and oxygen atoms in total. The van der Waals surface area contributed by atoms with Crippen LogP contribution in [0.15, 0.2) is 206 Å². The van der Waals surface area contributed by atoms with Gasteiger partial charge in [-0.25, -0.2) is 0 Å². The number of fused-ring (bicyclic) bond motifs is 3. The van der Waals surface area contributed by atoms with Gasteiger partial charge < -0.3 is 4.90 Å². The van der Waals surface area contributed by atoms with E-state index in [0.717, 1.165) is 29.9 Å². The molecule has 0 N–H and O–H groups in total. The van der Waals surface area contributed by atoms with Gasteiger partial charge in [0.2, 0.25) is 0 Å². The van der Waals surface area contributed by atoms with Gasteiger partial charge >= 0.3 is 0 Å². The van der Waals surface area contributed by atoms with E-state index in [1.807, 2.05) is 0 Å². The number of benzene rings is 7. The van der Waals surface area contributed by atoms with E-state index in [-0.39, 0.29) is 5.41 Å². The van der Waals surface area contributed by atoms with Crippen LogP contribution in [0, 0.1) is 0 Å². The molecule has 0 fully saturated rings. The fourth-order valence-corrected chi connectivity index (χ4v) is 8.19. The van der Waals surface area contributed by atoms with Gasteiger partial charge in [0.25, 0.3) is 0 Å². The van der Waals surface area contributed by atoms with Crippen molar-refractivity contribution >= 4 is 17.1 Å². The first-order valence-corrected chi connectivity index (χ1v) is 17.6. The highest BCUT2D eigenvalue weighted by molar-refractivity contribution is 5.87. The minimum absolute atomic E-state index is 0.329. The van der Waals surface area contributed by atoms with Crippen LogP contribution in [-0.2, 0) is 5.41 Å². The molecule has 9 rings (SSSR count). The molecule has 0 radical (unpaired) electrons. The smallest absolute Gasteiger partial charge is 0.0676 e. The molecule has 2 aliphatic carbocycles. The largest absolute Gasteiger partial charge is 0.311 e. The molecule has 7 aromatic rings. The van der Waals surface area contributed by atoms with Gasteiger partial charge in [0.05, 0.1) is 5.41 Å².